The summed E-state index contributed by atoms with van der Waals surface area (Å²) in [6, 6.07) is 20.9. The summed E-state index contributed by atoms with van der Waals surface area (Å²) < 4.78 is 0. The zero-order valence-electron chi connectivity index (χ0n) is 17.1. The van der Waals surface area contributed by atoms with Gasteiger partial charge in [0.15, 0.2) is 0 Å². The number of fused-ring (bicyclic) bond motifs is 1. The molecule has 4 aromatic rings. The molecule has 0 spiro atoms. The zero-order chi connectivity index (χ0) is 21.2. The van der Waals surface area contributed by atoms with Crippen LogP contribution in [0, 0.1) is 0 Å². The Morgan fingerprint density at radius 2 is 1.24 bits per heavy atom. The number of carboxylic acid groups (broad SMARTS) is 1. The Balaban J connectivity index is 0.000000707. The minimum atomic E-state index is -1.16. The van der Waals surface area contributed by atoms with Crippen LogP contribution in [0.2, 0.25) is 0 Å². The molecule has 0 aliphatic rings. The normalized spacial score (nSPS) is 9.66. The van der Waals surface area contributed by atoms with Gasteiger partial charge < -0.3 is 5.11 Å². The molecule has 29 heavy (non-hydrogen) atoms. The molecule has 0 fully saturated rings. The monoisotopic (exact) mass is 387 g/mol. The van der Waals surface area contributed by atoms with Gasteiger partial charge in [0, 0.05) is 22.7 Å². The molecule has 0 aliphatic heterocycles. The molecule has 0 aliphatic carbocycles. The molecular formula is C24H25N3O2. The van der Waals surface area contributed by atoms with E-state index in [1.165, 1.54) is 0 Å². The van der Waals surface area contributed by atoms with Gasteiger partial charge in [0.2, 0.25) is 5.82 Å². The zero-order valence-corrected chi connectivity index (χ0v) is 17.1. The third-order valence-electron chi connectivity index (χ3n) is 3.90. The lowest BCUT2D eigenvalue weighted by Crippen LogP contribution is -2.06. The van der Waals surface area contributed by atoms with Gasteiger partial charge in [0.05, 0.1) is 11.4 Å². The number of carbonyl (C=O) groups is 1. The molecule has 0 saturated heterocycles. The van der Waals surface area contributed by atoms with Gasteiger partial charge in [-0.1, -0.05) is 88.4 Å². The SMILES string of the molecule is CC.CC.O=C(O)c1nc(-c2ccccc2)c2ccnc(-c3ccccc3)c2n1. The van der Waals surface area contributed by atoms with Crippen LogP contribution < -0.4 is 0 Å². The predicted molar refractivity (Wildman–Crippen MR) is 118 cm³/mol. The summed E-state index contributed by atoms with van der Waals surface area (Å²) >= 11 is 0. The van der Waals surface area contributed by atoms with Crippen LogP contribution in [0.4, 0.5) is 0 Å². The average Bonchev–Trinajstić information content (AvgIpc) is 2.81. The van der Waals surface area contributed by atoms with Crippen molar-refractivity contribution in [3.05, 3.63) is 78.8 Å². The van der Waals surface area contributed by atoms with Crippen molar-refractivity contribution in [2.24, 2.45) is 0 Å². The van der Waals surface area contributed by atoms with E-state index >= 15 is 0 Å². The minimum Gasteiger partial charge on any atom is -0.475 e. The Labute approximate surface area is 171 Å². The molecule has 0 bridgehead atoms. The van der Waals surface area contributed by atoms with Gasteiger partial charge in [-0.15, -0.1) is 0 Å². The van der Waals surface area contributed by atoms with Gasteiger partial charge in [-0.3, -0.25) is 4.98 Å². The van der Waals surface area contributed by atoms with Crippen LogP contribution in [-0.2, 0) is 0 Å². The van der Waals surface area contributed by atoms with E-state index in [9.17, 15) is 9.90 Å². The van der Waals surface area contributed by atoms with Crippen molar-refractivity contribution >= 4 is 16.9 Å². The van der Waals surface area contributed by atoms with Gasteiger partial charge in [-0.05, 0) is 6.07 Å². The van der Waals surface area contributed by atoms with Gasteiger partial charge in [-0.2, -0.15) is 0 Å². The van der Waals surface area contributed by atoms with E-state index in [0.29, 0.717) is 16.9 Å². The summed E-state index contributed by atoms with van der Waals surface area (Å²) in [6.07, 6.45) is 1.70. The second kappa shape index (κ2) is 10.7. The maximum absolute atomic E-state index is 11.5. The lowest BCUT2D eigenvalue weighted by Gasteiger charge is -2.10. The summed E-state index contributed by atoms with van der Waals surface area (Å²) in [5.41, 5.74) is 3.47. The van der Waals surface area contributed by atoms with Crippen molar-refractivity contribution in [2.45, 2.75) is 27.7 Å². The van der Waals surface area contributed by atoms with Gasteiger partial charge in [0.1, 0.15) is 5.52 Å². The molecule has 148 valence electrons. The summed E-state index contributed by atoms with van der Waals surface area (Å²) in [5.74, 6) is -1.40. The number of aromatic carboxylic acids is 1. The van der Waals surface area contributed by atoms with Gasteiger partial charge >= 0.3 is 5.97 Å². The van der Waals surface area contributed by atoms with Crippen LogP contribution in [0.5, 0.6) is 0 Å². The first kappa shape index (κ1) is 21.7. The van der Waals surface area contributed by atoms with E-state index in [4.69, 9.17) is 0 Å². The fourth-order valence-electron chi connectivity index (χ4n) is 2.77. The van der Waals surface area contributed by atoms with Gasteiger partial charge in [-0.25, -0.2) is 14.8 Å². The van der Waals surface area contributed by atoms with Crippen molar-refractivity contribution < 1.29 is 9.90 Å². The lowest BCUT2D eigenvalue weighted by atomic mass is 10.0. The van der Waals surface area contributed by atoms with Crippen molar-refractivity contribution in [1.82, 2.24) is 15.0 Å². The molecule has 0 amide bonds. The standard InChI is InChI=1S/C20H13N3O2.2C2H6/c24-20(25)19-22-16(13-7-3-1-4-8-13)15-11-12-21-17(18(15)23-19)14-9-5-2-6-10-14;2*1-2/h1-12H,(H,24,25);2*1-2H3. The maximum Gasteiger partial charge on any atom is 0.373 e. The van der Waals surface area contributed by atoms with Crippen LogP contribution in [0.15, 0.2) is 72.9 Å². The molecule has 0 unspecified atom stereocenters. The first-order chi connectivity index (χ1) is 14.2. The first-order valence-electron chi connectivity index (χ1n) is 9.75. The highest BCUT2D eigenvalue weighted by molar-refractivity contribution is 6.01. The van der Waals surface area contributed by atoms with Crippen LogP contribution in [-0.4, -0.2) is 26.0 Å². The topological polar surface area (TPSA) is 76.0 Å². The summed E-state index contributed by atoms with van der Waals surface area (Å²) in [6.45, 7) is 8.00. The highest BCUT2D eigenvalue weighted by atomic mass is 16.4. The quantitative estimate of drug-likeness (QED) is 0.459. The molecule has 0 saturated carbocycles. The third kappa shape index (κ3) is 4.82. The molecule has 2 aromatic heterocycles. The molecule has 1 N–H and O–H groups in total. The van der Waals surface area contributed by atoms with Crippen LogP contribution >= 0.6 is 0 Å². The average molecular weight is 387 g/mol. The minimum absolute atomic E-state index is 0.239. The number of hydrogen-bond acceptors (Lipinski definition) is 4. The lowest BCUT2D eigenvalue weighted by molar-refractivity contribution is 0.0684. The number of rotatable bonds is 3. The van der Waals surface area contributed by atoms with Gasteiger partial charge in [0.25, 0.3) is 0 Å². The maximum atomic E-state index is 11.5. The van der Waals surface area contributed by atoms with E-state index in [-0.39, 0.29) is 5.82 Å². The predicted octanol–water partition coefficient (Wildman–Crippen LogP) is 6.11. The molecular weight excluding hydrogens is 362 g/mol. The number of nitrogens with zero attached hydrogens (tertiary/aromatic N) is 3. The van der Waals surface area contributed by atoms with E-state index in [0.717, 1.165) is 16.5 Å². The molecule has 0 radical (unpaired) electrons. The highest BCUT2D eigenvalue weighted by Gasteiger charge is 2.17. The van der Waals surface area contributed by atoms with Crippen molar-refractivity contribution in [3.63, 3.8) is 0 Å². The summed E-state index contributed by atoms with van der Waals surface area (Å²) in [7, 11) is 0. The fourth-order valence-corrected chi connectivity index (χ4v) is 2.77. The Hall–Kier alpha value is -3.60. The van der Waals surface area contributed by atoms with Crippen LogP contribution in [0.1, 0.15) is 38.3 Å². The number of aromatic nitrogens is 3. The summed E-state index contributed by atoms with van der Waals surface area (Å²) in [4.78, 5) is 24.5. The second-order valence-corrected chi connectivity index (χ2v) is 5.49. The number of benzene rings is 2. The van der Waals surface area contributed by atoms with Crippen molar-refractivity contribution in [3.8, 4) is 22.5 Å². The molecule has 5 heteroatoms. The van der Waals surface area contributed by atoms with Crippen molar-refractivity contribution in [2.75, 3.05) is 0 Å². The molecule has 5 nitrogen and oxygen atoms in total. The molecule has 2 heterocycles. The third-order valence-corrected chi connectivity index (χ3v) is 3.90. The van der Waals surface area contributed by atoms with E-state index in [1.807, 2.05) is 94.4 Å². The van der Waals surface area contributed by atoms with Crippen molar-refractivity contribution in [1.29, 1.82) is 0 Å². The van der Waals surface area contributed by atoms with E-state index < -0.39 is 5.97 Å². The Morgan fingerprint density at radius 3 is 1.76 bits per heavy atom. The fraction of sp³-hybridized carbons (Fsp3) is 0.167. The van der Waals surface area contributed by atoms with Crippen LogP contribution in [0.3, 0.4) is 0 Å². The van der Waals surface area contributed by atoms with E-state index in [1.54, 1.807) is 6.20 Å². The number of hydrogen-bond donors (Lipinski definition) is 1. The Kier molecular flexibility index (Phi) is 7.98. The largest absolute Gasteiger partial charge is 0.475 e. The first-order valence-corrected chi connectivity index (χ1v) is 9.75. The summed E-state index contributed by atoms with van der Waals surface area (Å²) in [5, 5.41) is 10.2. The second-order valence-electron chi connectivity index (χ2n) is 5.49. The molecule has 2 aromatic carbocycles. The Bertz CT molecular complexity index is 1070. The number of carboxylic acids is 1. The van der Waals surface area contributed by atoms with E-state index in [2.05, 4.69) is 15.0 Å². The smallest absolute Gasteiger partial charge is 0.373 e. The highest BCUT2D eigenvalue weighted by Crippen LogP contribution is 2.31. The Morgan fingerprint density at radius 1 is 0.724 bits per heavy atom. The molecule has 0 atom stereocenters. The molecule has 4 rings (SSSR count). The number of pyridine rings is 1. The van der Waals surface area contributed by atoms with Crippen LogP contribution in [0.25, 0.3) is 33.4 Å².